The highest BCUT2D eigenvalue weighted by Crippen LogP contribution is 2.16. The Bertz CT molecular complexity index is 756. The van der Waals surface area contributed by atoms with Crippen LogP contribution in [0, 0.1) is 17.0 Å². The number of nitro benzene ring substituents is 1. The van der Waals surface area contributed by atoms with Crippen LogP contribution < -0.4 is 10.6 Å². The highest BCUT2D eigenvalue weighted by atomic mass is 127. The number of benzene rings is 1. The number of non-ortho nitro benzene ring substituents is 1. The monoisotopic (exact) mass is 470 g/mol. The van der Waals surface area contributed by atoms with Crippen LogP contribution in [0.5, 0.6) is 0 Å². The average molecular weight is 470 g/mol. The molecule has 1 atom stereocenters. The van der Waals surface area contributed by atoms with Crippen LogP contribution >= 0.6 is 24.0 Å². The van der Waals surface area contributed by atoms with E-state index < -0.39 is 4.92 Å². The Morgan fingerprint density at radius 2 is 2.04 bits per heavy atom. The van der Waals surface area contributed by atoms with Gasteiger partial charge in [0.05, 0.1) is 17.5 Å². The SMILES string of the molecule is C=CCNC(=NCc1ccc([N+](=O)[O-])cc1)NC(C)c1ccc(C)o1.I. The predicted octanol–water partition coefficient (Wildman–Crippen LogP) is 4.10. The van der Waals surface area contributed by atoms with Crippen molar-refractivity contribution >= 4 is 35.6 Å². The molecule has 0 bridgehead atoms. The lowest BCUT2D eigenvalue weighted by Gasteiger charge is -2.16. The number of halogens is 1. The third kappa shape index (κ3) is 6.51. The Morgan fingerprint density at radius 3 is 2.58 bits per heavy atom. The standard InChI is InChI=1S/C18H22N4O3.HI/c1-4-11-19-18(21-14(3)17-10-5-13(2)25-17)20-12-15-6-8-16(9-7-15)22(23)24;/h4-10,14H,1,11-12H2,2-3H3,(H2,19,20,21);1H. The fraction of sp³-hybridized carbons (Fsp3) is 0.278. The summed E-state index contributed by atoms with van der Waals surface area (Å²) >= 11 is 0. The summed E-state index contributed by atoms with van der Waals surface area (Å²) in [6.45, 7) is 8.53. The van der Waals surface area contributed by atoms with Crippen molar-refractivity contribution < 1.29 is 9.34 Å². The zero-order chi connectivity index (χ0) is 18.2. The number of aliphatic imine (C=N–C) groups is 1. The Balaban J connectivity index is 0.00000338. The maximum atomic E-state index is 10.7. The topological polar surface area (TPSA) is 92.7 Å². The zero-order valence-electron chi connectivity index (χ0n) is 14.8. The van der Waals surface area contributed by atoms with E-state index in [9.17, 15) is 10.1 Å². The van der Waals surface area contributed by atoms with Gasteiger partial charge in [0.2, 0.25) is 0 Å². The summed E-state index contributed by atoms with van der Waals surface area (Å²) in [5, 5.41) is 17.1. The van der Waals surface area contributed by atoms with Gasteiger partial charge < -0.3 is 15.1 Å². The van der Waals surface area contributed by atoms with E-state index in [0.29, 0.717) is 19.0 Å². The van der Waals surface area contributed by atoms with Crippen molar-refractivity contribution in [3.8, 4) is 0 Å². The molecule has 2 aromatic rings. The van der Waals surface area contributed by atoms with Crippen LogP contribution in [0.3, 0.4) is 0 Å². The van der Waals surface area contributed by atoms with E-state index >= 15 is 0 Å². The summed E-state index contributed by atoms with van der Waals surface area (Å²) in [7, 11) is 0. The van der Waals surface area contributed by atoms with Crippen molar-refractivity contribution in [2.45, 2.75) is 26.4 Å². The molecule has 2 N–H and O–H groups in total. The van der Waals surface area contributed by atoms with Gasteiger partial charge in [-0.1, -0.05) is 18.2 Å². The number of nitro groups is 1. The molecule has 1 aromatic heterocycles. The second-order valence-corrected chi connectivity index (χ2v) is 5.57. The number of hydrogen-bond acceptors (Lipinski definition) is 4. The first-order valence-electron chi connectivity index (χ1n) is 7.95. The van der Waals surface area contributed by atoms with Gasteiger partial charge in [-0.05, 0) is 31.5 Å². The van der Waals surface area contributed by atoms with E-state index in [1.807, 2.05) is 26.0 Å². The highest BCUT2D eigenvalue weighted by Gasteiger charge is 2.11. The van der Waals surface area contributed by atoms with Crippen LogP contribution in [0.25, 0.3) is 0 Å². The molecule has 1 heterocycles. The lowest BCUT2D eigenvalue weighted by molar-refractivity contribution is -0.384. The molecule has 0 fully saturated rings. The second kappa shape index (κ2) is 10.6. The van der Waals surface area contributed by atoms with Crippen molar-refractivity contribution in [1.82, 2.24) is 10.6 Å². The fourth-order valence-electron chi connectivity index (χ4n) is 2.18. The van der Waals surface area contributed by atoms with Gasteiger partial charge in [-0.15, -0.1) is 30.6 Å². The molecule has 0 saturated heterocycles. The van der Waals surface area contributed by atoms with Crippen LogP contribution in [-0.2, 0) is 6.54 Å². The first kappa shape index (κ1) is 21.7. The summed E-state index contributed by atoms with van der Waals surface area (Å²) < 4.78 is 5.62. The maximum Gasteiger partial charge on any atom is 0.269 e. The van der Waals surface area contributed by atoms with E-state index in [2.05, 4.69) is 22.2 Å². The lowest BCUT2D eigenvalue weighted by atomic mass is 10.2. The number of hydrogen-bond donors (Lipinski definition) is 2. The van der Waals surface area contributed by atoms with Crippen LogP contribution in [0.4, 0.5) is 5.69 Å². The zero-order valence-corrected chi connectivity index (χ0v) is 17.1. The van der Waals surface area contributed by atoms with E-state index in [-0.39, 0.29) is 35.7 Å². The summed E-state index contributed by atoms with van der Waals surface area (Å²) in [5.41, 5.74) is 0.949. The predicted molar refractivity (Wildman–Crippen MR) is 113 cm³/mol. The minimum atomic E-state index is -0.418. The van der Waals surface area contributed by atoms with Gasteiger partial charge >= 0.3 is 0 Å². The average Bonchev–Trinajstić information content (AvgIpc) is 3.04. The number of rotatable bonds is 7. The lowest BCUT2D eigenvalue weighted by Crippen LogP contribution is -2.38. The molecular formula is C18H23IN4O3. The molecule has 0 aliphatic carbocycles. The number of nitrogens with one attached hydrogen (secondary N) is 2. The van der Waals surface area contributed by atoms with E-state index in [0.717, 1.165) is 17.1 Å². The fourth-order valence-corrected chi connectivity index (χ4v) is 2.18. The molecule has 140 valence electrons. The number of guanidine groups is 1. The molecule has 8 heteroatoms. The first-order chi connectivity index (χ1) is 12.0. The molecule has 1 aromatic carbocycles. The summed E-state index contributed by atoms with van der Waals surface area (Å²) in [6, 6.07) is 10.1. The Morgan fingerprint density at radius 1 is 1.35 bits per heavy atom. The van der Waals surface area contributed by atoms with E-state index in [1.165, 1.54) is 12.1 Å². The molecule has 26 heavy (non-hydrogen) atoms. The van der Waals surface area contributed by atoms with Crippen molar-refractivity contribution in [2.24, 2.45) is 4.99 Å². The van der Waals surface area contributed by atoms with E-state index in [1.54, 1.807) is 18.2 Å². The number of aryl methyl sites for hydroxylation is 1. The molecule has 0 spiro atoms. The van der Waals surface area contributed by atoms with Crippen molar-refractivity contribution in [2.75, 3.05) is 6.54 Å². The van der Waals surface area contributed by atoms with Crippen molar-refractivity contribution in [3.63, 3.8) is 0 Å². The quantitative estimate of drug-likeness (QED) is 0.159. The van der Waals surface area contributed by atoms with Gasteiger partial charge in [-0.2, -0.15) is 0 Å². The molecule has 0 amide bonds. The Kier molecular flexibility index (Phi) is 8.83. The molecule has 1 unspecified atom stereocenters. The first-order valence-corrected chi connectivity index (χ1v) is 7.95. The van der Waals surface area contributed by atoms with Crippen molar-refractivity contribution in [1.29, 1.82) is 0 Å². The summed E-state index contributed by atoms with van der Waals surface area (Å²) in [4.78, 5) is 14.8. The van der Waals surface area contributed by atoms with Gasteiger partial charge in [0, 0.05) is 18.7 Å². The third-order valence-corrected chi connectivity index (χ3v) is 3.52. The Labute approximate surface area is 169 Å². The normalized spacial score (nSPS) is 12.0. The van der Waals surface area contributed by atoms with Gasteiger partial charge in [-0.3, -0.25) is 10.1 Å². The van der Waals surface area contributed by atoms with Crippen molar-refractivity contribution in [3.05, 3.63) is 76.3 Å². The molecule has 2 rings (SSSR count). The van der Waals surface area contributed by atoms with Crippen LogP contribution in [0.1, 0.15) is 30.0 Å². The molecular weight excluding hydrogens is 447 g/mol. The summed E-state index contributed by atoms with van der Waals surface area (Å²) in [6.07, 6.45) is 1.74. The number of furan rings is 1. The molecule has 0 radical (unpaired) electrons. The maximum absolute atomic E-state index is 10.7. The van der Waals surface area contributed by atoms with Gasteiger partial charge in [-0.25, -0.2) is 4.99 Å². The molecule has 0 saturated carbocycles. The Hall–Kier alpha value is -2.36. The minimum absolute atomic E-state index is 0. The van der Waals surface area contributed by atoms with Crippen LogP contribution in [0.2, 0.25) is 0 Å². The third-order valence-electron chi connectivity index (χ3n) is 3.52. The summed E-state index contributed by atoms with van der Waals surface area (Å²) in [5.74, 6) is 2.29. The molecule has 0 aliphatic rings. The highest BCUT2D eigenvalue weighted by molar-refractivity contribution is 14.0. The minimum Gasteiger partial charge on any atom is -0.464 e. The van der Waals surface area contributed by atoms with Crippen LogP contribution in [0.15, 0.2) is 58.5 Å². The van der Waals surface area contributed by atoms with E-state index in [4.69, 9.17) is 4.42 Å². The smallest absolute Gasteiger partial charge is 0.269 e. The second-order valence-electron chi connectivity index (χ2n) is 5.57. The van der Waals surface area contributed by atoms with Gasteiger partial charge in [0.15, 0.2) is 5.96 Å². The molecule has 0 aliphatic heterocycles. The van der Waals surface area contributed by atoms with Gasteiger partial charge in [0.1, 0.15) is 11.5 Å². The van der Waals surface area contributed by atoms with Gasteiger partial charge in [0.25, 0.3) is 5.69 Å². The largest absolute Gasteiger partial charge is 0.464 e. The number of nitrogens with zero attached hydrogens (tertiary/aromatic N) is 2. The molecule has 7 nitrogen and oxygen atoms in total. The van der Waals surface area contributed by atoms with Crippen LogP contribution in [-0.4, -0.2) is 17.4 Å².